The number of carbonyl (C=O) groups excluding carboxylic acids is 1. The van der Waals surface area contributed by atoms with Crippen molar-refractivity contribution >= 4 is 27.3 Å². The lowest BCUT2D eigenvalue weighted by molar-refractivity contribution is -0.114. The number of hydrogen-bond acceptors (Lipinski definition) is 4. The molecule has 0 aliphatic heterocycles. The van der Waals surface area contributed by atoms with Crippen molar-refractivity contribution in [2.45, 2.75) is 18.7 Å². The monoisotopic (exact) mass is 486 g/mol. The van der Waals surface area contributed by atoms with Crippen LogP contribution in [0, 0.1) is 13.8 Å². The van der Waals surface area contributed by atoms with Crippen LogP contribution in [0.15, 0.2) is 108 Å². The van der Waals surface area contributed by atoms with Crippen LogP contribution in [0.25, 0.3) is 0 Å². The zero-order valence-corrected chi connectivity index (χ0v) is 20.3. The first-order chi connectivity index (χ1) is 16.8. The van der Waals surface area contributed by atoms with E-state index < -0.39 is 15.9 Å². The van der Waals surface area contributed by atoms with Gasteiger partial charge < -0.3 is 10.1 Å². The topological polar surface area (TPSA) is 75.7 Å². The van der Waals surface area contributed by atoms with Crippen LogP contribution >= 0.6 is 0 Å². The number of hydrogen-bond donors (Lipinski definition) is 1. The van der Waals surface area contributed by atoms with E-state index in [1.165, 1.54) is 0 Å². The molecule has 1 N–H and O–H groups in total. The van der Waals surface area contributed by atoms with Gasteiger partial charge in [0.2, 0.25) is 5.91 Å². The number of nitrogens with zero attached hydrogens (tertiary/aromatic N) is 1. The molecule has 4 aromatic rings. The number of nitrogens with one attached hydrogen (secondary N) is 1. The van der Waals surface area contributed by atoms with Gasteiger partial charge in [-0.2, -0.15) is 0 Å². The Bertz CT molecular complexity index is 1400. The summed E-state index contributed by atoms with van der Waals surface area (Å²) in [5.74, 6) is 0.873. The SMILES string of the molecule is Cc1ccc(S(=O)(=O)N(CC(=O)Nc2ccc(Oc3ccccc3)cc2)c2ccccc2C)cc1. The van der Waals surface area contributed by atoms with Gasteiger partial charge in [-0.25, -0.2) is 8.42 Å². The highest BCUT2D eigenvalue weighted by molar-refractivity contribution is 7.92. The summed E-state index contributed by atoms with van der Waals surface area (Å²) in [5.41, 5.74) is 2.69. The van der Waals surface area contributed by atoms with Crippen molar-refractivity contribution in [3.8, 4) is 11.5 Å². The van der Waals surface area contributed by atoms with E-state index in [0.717, 1.165) is 15.4 Å². The summed E-state index contributed by atoms with van der Waals surface area (Å²) < 4.78 is 34.0. The van der Waals surface area contributed by atoms with Crippen LogP contribution in [0.3, 0.4) is 0 Å². The third kappa shape index (κ3) is 5.88. The molecule has 0 unspecified atom stereocenters. The second kappa shape index (κ2) is 10.4. The average molecular weight is 487 g/mol. The molecule has 0 radical (unpaired) electrons. The lowest BCUT2D eigenvalue weighted by atomic mass is 10.2. The van der Waals surface area contributed by atoms with E-state index in [1.807, 2.05) is 56.3 Å². The molecule has 0 fully saturated rings. The van der Waals surface area contributed by atoms with Gasteiger partial charge in [0.05, 0.1) is 10.6 Å². The zero-order chi connectivity index (χ0) is 24.8. The summed E-state index contributed by atoms with van der Waals surface area (Å²) >= 11 is 0. The normalized spacial score (nSPS) is 11.0. The van der Waals surface area contributed by atoms with E-state index >= 15 is 0 Å². The van der Waals surface area contributed by atoms with Gasteiger partial charge in [-0.1, -0.05) is 54.1 Å². The minimum atomic E-state index is -3.97. The van der Waals surface area contributed by atoms with E-state index in [4.69, 9.17) is 4.74 Å². The smallest absolute Gasteiger partial charge is 0.264 e. The molecule has 0 saturated heterocycles. The van der Waals surface area contributed by atoms with Crippen LogP contribution < -0.4 is 14.4 Å². The standard InChI is InChI=1S/C28H26N2O4S/c1-21-12-18-26(19-13-21)35(32,33)30(27-11-7-6-8-22(27)2)20-28(31)29-23-14-16-25(17-15-23)34-24-9-4-3-5-10-24/h3-19H,20H2,1-2H3,(H,29,31). The van der Waals surface area contributed by atoms with Crippen molar-refractivity contribution in [2.24, 2.45) is 0 Å². The molecular formula is C28H26N2O4S. The Morgan fingerprint density at radius 2 is 1.37 bits per heavy atom. The molecular weight excluding hydrogens is 460 g/mol. The second-order valence-corrected chi connectivity index (χ2v) is 9.96. The molecule has 178 valence electrons. The molecule has 6 nitrogen and oxygen atoms in total. The van der Waals surface area contributed by atoms with Gasteiger partial charge in [-0.15, -0.1) is 0 Å². The maximum atomic E-state index is 13.5. The minimum absolute atomic E-state index is 0.126. The summed E-state index contributed by atoms with van der Waals surface area (Å²) in [7, 11) is -3.97. The highest BCUT2D eigenvalue weighted by atomic mass is 32.2. The Morgan fingerprint density at radius 1 is 0.771 bits per heavy atom. The first-order valence-electron chi connectivity index (χ1n) is 11.1. The lowest BCUT2D eigenvalue weighted by Crippen LogP contribution is -2.38. The van der Waals surface area contributed by atoms with Crippen molar-refractivity contribution in [3.05, 3.63) is 114 Å². The van der Waals surface area contributed by atoms with Crippen molar-refractivity contribution in [2.75, 3.05) is 16.2 Å². The highest BCUT2D eigenvalue weighted by Crippen LogP contribution is 2.27. The van der Waals surface area contributed by atoms with Crippen molar-refractivity contribution < 1.29 is 17.9 Å². The fraction of sp³-hybridized carbons (Fsp3) is 0.107. The molecule has 0 saturated carbocycles. The molecule has 0 aliphatic rings. The van der Waals surface area contributed by atoms with Crippen LogP contribution in [-0.2, 0) is 14.8 Å². The number of amides is 1. The number of ether oxygens (including phenoxy) is 1. The summed E-state index contributed by atoms with van der Waals surface area (Å²) in [5, 5.41) is 2.78. The van der Waals surface area contributed by atoms with Gasteiger partial charge in [-0.3, -0.25) is 9.10 Å². The maximum absolute atomic E-state index is 13.5. The largest absolute Gasteiger partial charge is 0.457 e. The second-order valence-electron chi connectivity index (χ2n) is 8.10. The van der Waals surface area contributed by atoms with Gasteiger partial charge in [-0.05, 0) is 74.0 Å². The number of aryl methyl sites for hydroxylation is 2. The molecule has 0 aliphatic carbocycles. The third-order valence-corrected chi connectivity index (χ3v) is 7.17. The van der Waals surface area contributed by atoms with Crippen LogP contribution in [0.1, 0.15) is 11.1 Å². The molecule has 0 heterocycles. The molecule has 0 atom stereocenters. The van der Waals surface area contributed by atoms with E-state index in [1.54, 1.807) is 60.7 Å². The predicted molar refractivity (Wildman–Crippen MR) is 138 cm³/mol. The third-order valence-electron chi connectivity index (χ3n) is 5.40. The van der Waals surface area contributed by atoms with Crippen LogP contribution in [0.4, 0.5) is 11.4 Å². The van der Waals surface area contributed by atoms with Gasteiger partial charge >= 0.3 is 0 Å². The number of carbonyl (C=O) groups is 1. The molecule has 0 aromatic heterocycles. The van der Waals surface area contributed by atoms with Crippen molar-refractivity contribution in [1.29, 1.82) is 0 Å². The Morgan fingerprint density at radius 3 is 2.03 bits per heavy atom. The Hall–Kier alpha value is -4.10. The van der Waals surface area contributed by atoms with Crippen LogP contribution in [0.2, 0.25) is 0 Å². The fourth-order valence-corrected chi connectivity index (χ4v) is 5.03. The summed E-state index contributed by atoms with van der Waals surface area (Å²) in [6.07, 6.45) is 0. The van der Waals surface area contributed by atoms with E-state index in [9.17, 15) is 13.2 Å². The molecule has 1 amide bonds. The van der Waals surface area contributed by atoms with E-state index in [-0.39, 0.29) is 11.4 Å². The van der Waals surface area contributed by atoms with Gasteiger partial charge in [0.25, 0.3) is 10.0 Å². The zero-order valence-electron chi connectivity index (χ0n) is 19.5. The molecule has 0 bridgehead atoms. The molecule has 35 heavy (non-hydrogen) atoms. The minimum Gasteiger partial charge on any atom is -0.457 e. The first-order valence-corrected chi connectivity index (χ1v) is 12.5. The lowest BCUT2D eigenvalue weighted by Gasteiger charge is -2.25. The number of rotatable bonds is 8. The maximum Gasteiger partial charge on any atom is 0.264 e. The number of para-hydroxylation sites is 2. The van der Waals surface area contributed by atoms with Gasteiger partial charge in [0.15, 0.2) is 0 Å². The Balaban J connectivity index is 1.54. The molecule has 4 rings (SSSR count). The number of sulfonamides is 1. The summed E-state index contributed by atoms with van der Waals surface area (Å²) in [6.45, 7) is 3.33. The molecule has 7 heteroatoms. The number of benzene rings is 4. The summed E-state index contributed by atoms with van der Waals surface area (Å²) in [4.78, 5) is 13.1. The van der Waals surface area contributed by atoms with Crippen molar-refractivity contribution in [1.82, 2.24) is 0 Å². The Kier molecular flexibility index (Phi) is 7.17. The first kappa shape index (κ1) is 24.0. The van der Waals surface area contributed by atoms with Crippen LogP contribution in [0.5, 0.6) is 11.5 Å². The van der Waals surface area contributed by atoms with E-state index in [2.05, 4.69) is 5.32 Å². The Labute approximate surface area is 205 Å². The number of anilines is 2. The predicted octanol–water partition coefficient (Wildman–Crippen LogP) is 5.93. The van der Waals surface area contributed by atoms with E-state index in [0.29, 0.717) is 22.9 Å². The fourth-order valence-electron chi connectivity index (χ4n) is 3.54. The average Bonchev–Trinajstić information content (AvgIpc) is 2.85. The van der Waals surface area contributed by atoms with Crippen LogP contribution in [-0.4, -0.2) is 20.9 Å². The highest BCUT2D eigenvalue weighted by Gasteiger charge is 2.28. The molecule has 0 spiro atoms. The van der Waals surface area contributed by atoms with Gasteiger partial charge in [0.1, 0.15) is 18.0 Å². The van der Waals surface area contributed by atoms with Gasteiger partial charge in [0, 0.05) is 5.69 Å². The molecule has 4 aromatic carbocycles. The summed E-state index contributed by atoms with van der Waals surface area (Å²) in [6, 6.07) is 30.0. The van der Waals surface area contributed by atoms with Crippen molar-refractivity contribution in [3.63, 3.8) is 0 Å². The quantitative estimate of drug-likeness (QED) is 0.335.